The first-order chi connectivity index (χ1) is 6.25. The van der Waals surface area contributed by atoms with Crippen molar-refractivity contribution in [2.75, 3.05) is 26.7 Å². The second-order valence-corrected chi connectivity index (χ2v) is 4.37. The monoisotopic (exact) mass is 184 g/mol. The molecular formula is C11H24N2. The lowest BCUT2D eigenvalue weighted by Gasteiger charge is -2.35. The van der Waals surface area contributed by atoms with Crippen molar-refractivity contribution in [1.82, 2.24) is 10.2 Å². The summed E-state index contributed by atoms with van der Waals surface area (Å²) < 4.78 is 0. The van der Waals surface area contributed by atoms with Crippen LogP contribution in [-0.2, 0) is 0 Å². The van der Waals surface area contributed by atoms with Crippen molar-refractivity contribution in [3.05, 3.63) is 0 Å². The molecule has 0 bridgehead atoms. The molecule has 0 aliphatic carbocycles. The highest BCUT2D eigenvalue weighted by atomic mass is 15.2. The highest BCUT2D eigenvalue weighted by Crippen LogP contribution is 2.16. The second kappa shape index (κ2) is 5.61. The van der Waals surface area contributed by atoms with E-state index in [1.54, 1.807) is 0 Å². The third-order valence-corrected chi connectivity index (χ3v) is 3.32. The molecule has 1 fully saturated rings. The Morgan fingerprint density at radius 1 is 1.15 bits per heavy atom. The third-order valence-electron chi connectivity index (χ3n) is 3.32. The van der Waals surface area contributed by atoms with Gasteiger partial charge in [0.15, 0.2) is 0 Å². The van der Waals surface area contributed by atoms with Gasteiger partial charge in [-0.3, -0.25) is 0 Å². The summed E-state index contributed by atoms with van der Waals surface area (Å²) in [4.78, 5) is 2.64. The summed E-state index contributed by atoms with van der Waals surface area (Å²) in [6, 6.07) is 0.743. The lowest BCUT2D eigenvalue weighted by molar-refractivity contribution is 0.134. The number of nitrogens with zero attached hydrogens (tertiary/aromatic N) is 1. The van der Waals surface area contributed by atoms with Crippen molar-refractivity contribution in [1.29, 1.82) is 0 Å². The molecule has 2 unspecified atom stereocenters. The van der Waals surface area contributed by atoms with Crippen molar-refractivity contribution >= 4 is 0 Å². The summed E-state index contributed by atoms with van der Waals surface area (Å²) in [5.74, 6) is 0.767. The summed E-state index contributed by atoms with van der Waals surface area (Å²) in [5, 5.41) is 3.26. The summed E-state index contributed by atoms with van der Waals surface area (Å²) in [6.45, 7) is 8.48. The molecule has 1 aliphatic heterocycles. The Balaban J connectivity index is 2.31. The van der Waals surface area contributed by atoms with E-state index in [0.717, 1.165) is 18.5 Å². The molecule has 0 spiro atoms. The summed E-state index contributed by atoms with van der Waals surface area (Å²) >= 11 is 0. The molecule has 0 saturated carbocycles. The Labute approximate surface area is 82.7 Å². The zero-order valence-electron chi connectivity index (χ0n) is 9.34. The Kier molecular flexibility index (Phi) is 4.74. The second-order valence-electron chi connectivity index (χ2n) is 4.37. The van der Waals surface area contributed by atoms with Crippen molar-refractivity contribution in [3.8, 4) is 0 Å². The minimum absolute atomic E-state index is 0.743. The Morgan fingerprint density at radius 2 is 1.77 bits per heavy atom. The fourth-order valence-corrected chi connectivity index (χ4v) is 2.18. The van der Waals surface area contributed by atoms with Gasteiger partial charge >= 0.3 is 0 Å². The molecule has 0 aromatic rings. The number of nitrogens with one attached hydrogen (secondary N) is 1. The van der Waals surface area contributed by atoms with Gasteiger partial charge in [-0.25, -0.2) is 0 Å². The van der Waals surface area contributed by atoms with E-state index in [4.69, 9.17) is 0 Å². The minimum atomic E-state index is 0.743. The van der Waals surface area contributed by atoms with E-state index >= 15 is 0 Å². The topological polar surface area (TPSA) is 15.3 Å². The van der Waals surface area contributed by atoms with Crippen LogP contribution in [-0.4, -0.2) is 37.6 Å². The summed E-state index contributed by atoms with van der Waals surface area (Å²) in [7, 11) is 2.04. The molecule has 0 aromatic carbocycles. The van der Waals surface area contributed by atoms with E-state index < -0.39 is 0 Å². The van der Waals surface area contributed by atoms with Gasteiger partial charge < -0.3 is 10.2 Å². The van der Waals surface area contributed by atoms with Gasteiger partial charge in [-0.1, -0.05) is 13.3 Å². The van der Waals surface area contributed by atoms with Gasteiger partial charge in [0.2, 0.25) is 0 Å². The molecule has 2 heteroatoms. The van der Waals surface area contributed by atoms with E-state index in [1.807, 2.05) is 7.05 Å². The Morgan fingerprint density at radius 3 is 2.31 bits per heavy atom. The van der Waals surface area contributed by atoms with E-state index in [2.05, 4.69) is 24.1 Å². The van der Waals surface area contributed by atoms with Crippen LogP contribution in [0.15, 0.2) is 0 Å². The van der Waals surface area contributed by atoms with Gasteiger partial charge in [0.25, 0.3) is 0 Å². The van der Waals surface area contributed by atoms with Gasteiger partial charge in [0.05, 0.1) is 0 Å². The maximum Gasteiger partial charge on any atom is 0.0105 e. The van der Waals surface area contributed by atoms with Gasteiger partial charge in [-0.2, -0.15) is 0 Å². The van der Waals surface area contributed by atoms with Crippen LogP contribution in [0.3, 0.4) is 0 Å². The van der Waals surface area contributed by atoms with E-state index in [-0.39, 0.29) is 0 Å². The first-order valence-corrected chi connectivity index (χ1v) is 5.64. The standard InChI is InChI=1S/C11H24N2/c1-10(9-12-3)11(2)13-7-5-4-6-8-13/h10-12H,4-9H2,1-3H3. The van der Waals surface area contributed by atoms with Gasteiger partial charge in [0.1, 0.15) is 0 Å². The quantitative estimate of drug-likeness (QED) is 0.715. The normalized spacial score (nSPS) is 24.2. The van der Waals surface area contributed by atoms with Gasteiger partial charge in [-0.15, -0.1) is 0 Å². The zero-order valence-corrected chi connectivity index (χ0v) is 9.34. The molecular weight excluding hydrogens is 160 g/mol. The largest absolute Gasteiger partial charge is 0.319 e. The number of likely N-dealkylation sites (tertiary alicyclic amines) is 1. The van der Waals surface area contributed by atoms with Crippen LogP contribution in [0.2, 0.25) is 0 Å². The molecule has 1 heterocycles. The highest BCUT2D eigenvalue weighted by Gasteiger charge is 2.20. The van der Waals surface area contributed by atoms with Crippen molar-refractivity contribution in [2.45, 2.75) is 39.2 Å². The number of hydrogen-bond donors (Lipinski definition) is 1. The van der Waals surface area contributed by atoms with Crippen LogP contribution in [0.4, 0.5) is 0 Å². The number of hydrogen-bond acceptors (Lipinski definition) is 2. The number of rotatable bonds is 4. The highest BCUT2D eigenvalue weighted by molar-refractivity contribution is 4.76. The predicted molar refractivity (Wildman–Crippen MR) is 58.0 cm³/mol. The van der Waals surface area contributed by atoms with Gasteiger partial charge in [0, 0.05) is 6.04 Å². The van der Waals surface area contributed by atoms with Crippen molar-refractivity contribution in [2.24, 2.45) is 5.92 Å². The van der Waals surface area contributed by atoms with Crippen LogP contribution in [0.5, 0.6) is 0 Å². The van der Waals surface area contributed by atoms with Crippen LogP contribution in [0.25, 0.3) is 0 Å². The average molecular weight is 184 g/mol. The maximum atomic E-state index is 3.26. The van der Waals surface area contributed by atoms with E-state index in [1.165, 1.54) is 32.4 Å². The zero-order chi connectivity index (χ0) is 9.68. The molecule has 0 aromatic heterocycles. The molecule has 2 nitrogen and oxygen atoms in total. The molecule has 78 valence electrons. The summed E-state index contributed by atoms with van der Waals surface area (Å²) in [6.07, 6.45) is 4.23. The van der Waals surface area contributed by atoms with E-state index in [9.17, 15) is 0 Å². The SMILES string of the molecule is CNCC(C)C(C)N1CCCCC1. The lowest BCUT2D eigenvalue weighted by Crippen LogP contribution is -2.43. The Hall–Kier alpha value is -0.0800. The molecule has 0 amide bonds. The molecule has 0 radical (unpaired) electrons. The van der Waals surface area contributed by atoms with Crippen molar-refractivity contribution < 1.29 is 0 Å². The summed E-state index contributed by atoms with van der Waals surface area (Å²) in [5.41, 5.74) is 0. The van der Waals surface area contributed by atoms with Crippen molar-refractivity contribution in [3.63, 3.8) is 0 Å². The maximum absolute atomic E-state index is 3.26. The van der Waals surface area contributed by atoms with Gasteiger partial charge in [-0.05, 0) is 52.4 Å². The Bertz CT molecular complexity index is 130. The van der Waals surface area contributed by atoms with E-state index in [0.29, 0.717) is 0 Å². The average Bonchev–Trinajstić information content (AvgIpc) is 2.18. The lowest BCUT2D eigenvalue weighted by atomic mass is 9.99. The number of piperidine rings is 1. The molecule has 1 saturated heterocycles. The van der Waals surface area contributed by atoms with Crippen LogP contribution >= 0.6 is 0 Å². The first kappa shape index (κ1) is 11.0. The molecule has 13 heavy (non-hydrogen) atoms. The molecule has 1 aliphatic rings. The molecule has 2 atom stereocenters. The first-order valence-electron chi connectivity index (χ1n) is 5.64. The fraction of sp³-hybridized carbons (Fsp3) is 1.00. The smallest absolute Gasteiger partial charge is 0.0105 e. The molecule has 1 rings (SSSR count). The minimum Gasteiger partial charge on any atom is -0.319 e. The molecule has 1 N–H and O–H groups in total. The predicted octanol–water partition coefficient (Wildman–Crippen LogP) is 1.72. The van der Waals surface area contributed by atoms with Crippen LogP contribution < -0.4 is 5.32 Å². The fourth-order valence-electron chi connectivity index (χ4n) is 2.18. The third kappa shape index (κ3) is 3.28. The van der Waals surface area contributed by atoms with Crippen LogP contribution in [0.1, 0.15) is 33.1 Å². The van der Waals surface area contributed by atoms with Crippen LogP contribution in [0, 0.1) is 5.92 Å².